The van der Waals surface area contributed by atoms with Crippen molar-refractivity contribution < 1.29 is 37.0 Å². The zero-order valence-corrected chi connectivity index (χ0v) is 18.8. The second-order valence-electron chi connectivity index (χ2n) is 5.89. The first-order valence-electron chi connectivity index (χ1n) is 7.70. The third-order valence-corrected chi connectivity index (χ3v) is 5.30. The van der Waals surface area contributed by atoms with Crippen molar-refractivity contribution in [3.8, 4) is 0 Å². The molecule has 1 unspecified atom stereocenters. The molecule has 0 saturated carbocycles. The van der Waals surface area contributed by atoms with Crippen LogP contribution in [0.4, 0.5) is 4.39 Å². The smallest absolute Gasteiger partial charge is 0.344 e. The SMILES string of the molecule is CC(C)=CCC/C(C)=C(\F)CC/C(C)=C/COP(=O)(O)OP(=O)(O)O.N.N.N. The van der Waals surface area contributed by atoms with E-state index in [1.165, 1.54) is 11.6 Å². The van der Waals surface area contributed by atoms with Crippen molar-refractivity contribution in [2.45, 2.75) is 53.4 Å². The first-order chi connectivity index (χ1) is 11.3. The van der Waals surface area contributed by atoms with Crippen molar-refractivity contribution in [3.05, 3.63) is 34.7 Å². The summed E-state index contributed by atoms with van der Waals surface area (Å²) in [6.45, 7) is 7.03. The fourth-order valence-electron chi connectivity index (χ4n) is 1.77. The van der Waals surface area contributed by atoms with Crippen LogP contribution in [0.5, 0.6) is 0 Å². The topological polar surface area (TPSA) is 218 Å². The van der Waals surface area contributed by atoms with E-state index in [9.17, 15) is 13.5 Å². The lowest BCUT2D eigenvalue weighted by Gasteiger charge is -2.11. The standard InChI is InChI=1S/C15H27FO7P2.3H3N/c1-12(2)6-5-7-14(4)15(16)9-8-13(3)10-11-22-25(20,21)23-24(17,18)19;;;/h6,10H,5,7-9,11H2,1-4H3,(H,20,21)(H2,17,18,19);3*1H3/b13-10+,15-14-;;;. The summed E-state index contributed by atoms with van der Waals surface area (Å²) in [5.74, 6) is -0.187. The molecule has 1 atom stereocenters. The maximum atomic E-state index is 14.0. The molecule has 170 valence electrons. The van der Waals surface area contributed by atoms with E-state index in [2.05, 4.69) is 8.83 Å². The number of hydrogen-bond donors (Lipinski definition) is 6. The molecule has 13 heteroatoms. The van der Waals surface area contributed by atoms with Gasteiger partial charge in [0.1, 0.15) is 0 Å². The molecule has 0 amide bonds. The summed E-state index contributed by atoms with van der Waals surface area (Å²) in [6.07, 6.45) is 5.51. The Morgan fingerprint density at radius 1 is 0.929 bits per heavy atom. The van der Waals surface area contributed by atoms with Crippen molar-refractivity contribution in [3.63, 3.8) is 0 Å². The summed E-state index contributed by atoms with van der Waals surface area (Å²) < 4.78 is 43.8. The van der Waals surface area contributed by atoms with Crippen LogP contribution in [0.3, 0.4) is 0 Å². The van der Waals surface area contributed by atoms with Crippen molar-refractivity contribution in [1.82, 2.24) is 18.5 Å². The molecule has 0 aliphatic rings. The normalized spacial score (nSPS) is 14.5. The summed E-state index contributed by atoms with van der Waals surface area (Å²) in [7, 11) is -9.96. The Morgan fingerprint density at radius 3 is 1.93 bits per heavy atom. The van der Waals surface area contributed by atoms with E-state index in [1.54, 1.807) is 13.8 Å². The minimum atomic E-state index is -5.12. The Morgan fingerprint density at radius 2 is 1.46 bits per heavy atom. The first-order valence-corrected chi connectivity index (χ1v) is 10.7. The molecule has 0 saturated heterocycles. The van der Waals surface area contributed by atoms with Gasteiger partial charge in [0.15, 0.2) is 0 Å². The molecule has 0 rings (SSSR count). The molecule has 28 heavy (non-hydrogen) atoms. The van der Waals surface area contributed by atoms with Gasteiger partial charge >= 0.3 is 15.6 Å². The Kier molecular flexibility index (Phi) is 20.0. The van der Waals surface area contributed by atoms with E-state index in [-0.39, 0.29) is 37.3 Å². The number of hydrogen-bond acceptors (Lipinski definition) is 7. The summed E-state index contributed by atoms with van der Waals surface area (Å²) in [5, 5.41) is 0. The molecule has 12 N–H and O–H groups in total. The molecule has 0 aromatic rings. The van der Waals surface area contributed by atoms with E-state index in [4.69, 9.17) is 14.7 Å². The van der Waals surface area contributed by atoms with Crippen LogP contribution >= 0.6 is 15.6 Å². The second-order valence-corrected chi connectivity index (χ2v) is 8.72. The van der Waals surface area contributed by atoms with Gasteiger partial charge in [0.25, 0.3) is 0 Å². The predicted octanol–water partition coefficient (Wildman–Crippen LogP) is 5.42. The predicted molar refractivity (Wildman–Crippen MR) is 109 cm³/mol. The van der Waals surface area contributed by atoms with Gasteiger partial charge < -0.3 is 33.1 Å². The van der Waals surface area contributed by atoms with Gasteiger partial charge in [-0.2, -0.15) is 4.31 Å². The van der Waals surface area contributed by atoms with E-state index < -0.39 is 15.6 Å². The Balaban J connectivity index is -0.000000960. The third-order valence-electron chi connectivity index (χ3n) is 3.15. The van der Waals surface area contributed by atoms with Crippen molar-refractivity contribution in [1.29, 1.82) is 0 Å². The first kappa shape index (κ1) is 34.8. The van der Waals surface area contributed by atoms with Gasteiger partial charge in [-0.15, -0.1) is 0 Å². The van der Waals surface area contributed by atoms with Gasteiger partial charge in [0, 0.05) is 6.42 Å². The molecule has 0 radical (unpaired) electrons. The largest absolute Gasteiger partial charge is 0.481 e. The highest BCUT2D eigenvalue weighted by Crippen LogP contribution is 2.57. The van der Waals surface area contributed by atoms with Crippen LogP contribution in [0.1, 0.15) is 53.4 Å². The van der Waals surface area contributed by atoms with E-state index in [1.807, 2.05) is 19.9 Å². The number of phosphoric ester groups is 1. The minimum absolute atomic E-state index is 0. The summed E-state index contributed by atoms with van der Waals surface area (Å²) in [5.41, 5.74) is 2.59. The van der Waals surface area contributed by atoms with Crippen LogP contribution in [-0.2, 0) is 18.0 Å². The Labute approximate surface area is 166 Å². The van der Waals surface area contributed by atoms with Gasteiger partial charge in [-0.05, 0) is 52.5 Å². The lowest BCUT2D eigenvalue weighted by atomic mass is 10.1. The summed E-state index contributed by atoms with van der Waals surface area (Å²) in [4.78, 5) is 26.0. The number of phosphoric acid groups is 2. The van der Waals surface area contributed by atoms with Crippen LogP contribution in [0, 0.1) is 0 Å². The average molecular weight is 451 g/mol. The fraction of sp³-hybridized carbons (Fsp3) is 0.600. The molecule has 0 bridgehead atoms. The zero-order valence-electron chi connectivity index (χ0n) is 17.1. The molecule has 0 spiro atoms. The molecule has 0 fully saturated rings. The lowest BCUT2D eigenvalue weighted by Crippen LogP contribution is -1.95. The van der Waals surface area contributed by atoms with Crippen molar-refractivity contribution in [2.75, 3.05) is 6.61 Å². The molecule has 0 aliphatic heterocycles. The van der Waals surface area contributed by atoms with Crippen LogP contribution < -0.4 is 18.5 Å². The van der Waals surface area contributed by atoms with Crippen LogP contribution in [-0.4, -0.2) is 21.3 Å². The molecule has 0 aliphatic carbocycles. The molecular weight excluding hydrogens is 415 g/mol. The maximum Gasteiger partial charge on any atom is 0.481 e. The van der Waals surface area contributed by atoms with Gasteiger partial charge in [0.05, 0.1) is 12.4 Å². The number of allylic oxidation sites excluding steroid dienone is 5. The molecule has 0 aromatic heterocycles. The fourth-order valence-corrected chi connectivity index (χ4v) is 3.29. The average Bonchev–Trinajstić information content (AvgIpc) is 2.41. The third kappa shape index (κ3) is 20.0. The van der Waals surface area contributed by atoms with Crippen LogP contribution in [0.25, 0.3) is 0 Å². The minimum Gasteiger partial charge on any atom is -0.344 e. The summed E-state index contributed by atoms with van der Waals surface area (Å²) >= 11 is 0. The Bertz CT molecular complexity index is 629. The van der Waals surface area contributed by atoms with Crippen molar-refractivity contribution >= 4 is 15.6 Å². The molecule has 10 nitrogen and oxygen atoms in total. The molecule has 0 heterocycles. The van der Waals surface area contributed by atoms with Crippen molar-refractivity contribution in [2.24, 2.45) is 0 Å². The van der Waals surface area contributed by atoms with Gasteiger partial charge in [-0.1, -0.05) is 23.3 Å². The quantitative estimate of drug-likeness (QED) is 0.173. The Hall–Kier alpha value is -0.710. The summed E-state index contributed by atoms with van der Waals surface area (Å²) in [6, 6.07) is 0. The van der Waals surface area contributed by atoms with Gasteiger partial charge in [0.2, 0.25) is 0 Å². The van der Waals surface area contributed by atoms with Gasteiger partial charge in [-0.25, -0.2) is 13.5 Å². The highest BCUT2D eigenvalue weighted by Gasteiger charge is 2.31. The maximum absolute atomic E-state index is 14.0. The van der Waals surface area contributed by atoms with E-state index in [0.717, 1.165) is 6.42 Å². The second kappa shape index (κ2) is 16.1. The number of rotatable bonds is 11. The molecule has 0 aromatic carbocycles. The van der Waals surface area contributed by atoms with Gasteiger partial charge in [-0.3, -0.25) is 4.52 Å². The zero-order chi connectivity index (χ0) is 19.7. The number of halogens is 1. The lowest BCUT2D eigenvalue weighted by molar-refractivity contribution is 0.191. The van der Waals surface area contributed by atoms with E-state index >= 15 is 0 Å². The van der Waals surface area contributed by atoms with Crippen LogP contribution in [0.2, 0.25) is 0 Å². The highest BCUT2D eigenvalue weighted by atomic mass is 31.3. The van der Waals surface area contributed by atoms with Crippen LogP contribution in [0.15, 0.2) is 34.7 Å². The van der Waals surface area contributed by atoms with E-state index in [0.29, 0.717) is 24.0 Å². The molecular formula is C15H36FN3O7P2. The monoisotopic (exact) mass is 451 g/mol. The highest BCUT2D eigenvalue weighted by molar-refractivity contribution is 7.60.